The Morgan fingerprint density at radius 2 is 2.27 bits per heavy atom. The number of rotatable bonds is 5. The first kappa shape index (κ1) is 14.8. The molecule has 116 valence electrons. The van der Waals surface area contributed by atoms with E-state index < -0.39 is 0 Å². The molecule has 3 rings (SSSR count). The summed E-state index contributed by atoms with van der Waals surface area (Å²) in [4.78, 5) is 22.8. The van der Waals surface area contributed by atoms with Crippen LogP contribution in [-0.2, 0) is 11.3 Å². The summed E-state index contributed by atoms with van der Waals surface area (Å²) in [7, 11) is 0. The van der Waals surface area contributed by atoms with Gasteiger partial charge in [0.2, 0.25) is 5.91 Å². The zero-order valence-corrected chi connectivity index (χ0v) is 13.7. The minimum absolute atomic E-state index is 0.0189. The molecule has 0 saturated carbocycles. The van der Waals surface area contributed by atoms with E-state index in [1.54, 1.807) is 23.9 Å². The first-order valence-electron chi connectivity index (χ1n) is 7.22. The minimum atomic E-state index is 0.0189. The molecule has 3 heterocycles. The number of amides is 1. The van der Waals surface area contributed by atoms with E-state index in [-0.39, 0.29) is 11.9 Å². The summed E-state index contributed by atoms with van der Waals surface area (Å²) in [5, 5.41) is 2.93. The molecule has 3 aromatic rings. The maximum absolute atomic E-state index is 12.0. The Kier molecular flexibility index (Phi) is 3.98. The number of hydrogen-bond donors (Lipinski definition) is 1. The molecule has 0 aliphatic heterocycles. The molecule has 1 amide bonds. The Morgan fingerprint density at radius 3 is 2.95 bits per heavy atom. The van der Waals surface area contributed by atoms with Gasteiger partial charge in [0.25, 0.3) is 0 Å². The third-order valence-electron chi connectivity index (χ3n) is 3.82. The van der Waals surface area contributed by atoms with Crippen LogP contribution >= 0.6 is 11.3 Å². The predicted molar refractivity (Wildman–Crippen MR) is 85.9 cm³/mol. The van der Waals surface area contributed by atoms with Crippen LogP contribution < -0.4 is 5.32 Å². The SMILES string of the molecule is Cc1sc2nc(CNC(=O)C[C@H](C)n3ccnc3)cn2c1C. The van der Waals surface area contributed by atoms with E-state index in [2.05, 4.69) is 33.5 Å². The summed E-state index contributed by atoms with van der Waals surface area (Å²) in [6.45, 7) is 6.63. The van der Waals surface area contributed by atoms with Gasteiger partial charge in [0.05, 0.1) is 18.6 Å². The van der Waals surface area contributed by atoms with Crippen molar-refractivity contribution in [1.82, 2.24) is 24.3 Å². The number of aryl methyl sites for hydroxylation is 2. The Hall–Kier alpha value is -2.15. The Bertz CT molecular complexity index is 786. The second-order valence-corrected chi connectivity index (χ2v) is 6.65. The van der Waals surface area contributed by atoms with E-state index in [1.165, 1.54) is 10.6 Å². The van der Waals surface area contributed by atoms with Gasteiger partial charge in [-0.1, -0.05) is 0 Å². The van der Waals surface area contributed by atoms with Crippen LogP contribution in [0.15, 0.2) is 24.9 Å². The van der Waals surface area contributed by atoms with Crippen molar-refractivity contribution in [1.29, 1.82) is 0 Å². The van der Waals surface area contributed by atoms with Crippen molar-refractivity contribution < 1.29 is 4.79 Å². The fourth-order valence-corrected chi connectivity index (χ4v) is 3.32. The fourth-order valence-electron chi connectivity index (χ4n) is 2.35. The van der Waals surface area contributed by atoms with Gasteiger partial charge >= 0.3 is 0 Å². The van der Waals surface area contributed by atoms with E-state index in [4.69, 9.17) is 0 Å². The van der Waals surface area contributed by atoms with Gasteiger partial charge < -0.3 is 9.88 Å². The highest BCUT2D eigenvalue weighted by Gasteiger charge is 2.12. The molecule has 0 unspecified atom stereocenters. The van der Waals surface area contributed by atoms with Crippen LogP contribution in [0.4, 0.5) is 0 Å². The van der Waals surface area contributed by atoms with Crippen molar-refractivity contribution in [2.24, 2.45) is 0 Å². The number of carbonyl (C=O) groups is 1. The van der Waals surface area contributed by atoms with Gasteiger partial charge in [-0.15, -0.1) is 11.3 Å². The maximum Gasteiger partial charge on any atom is 0.222 e. The topological polar surface area (TPSA) is 64.2 Å². The summed E-state index contributed by atoms with van der Waals surface area (Å²) in [6, 6.07) is 0.0953. The Balaban J connectivity index is 1.58. The van der Waals surface area contributed by atoms with Crippen molar-refractivity contribution in [2.45, 2.75) is 39.8 Å². The van der Waals surface area contributed by atoms with Crippen LogP contribution in [0.2, 0.25) is 0 Å². The van der Waals surface area contributed by atoms with E-state index in [1.807, 2.05) is 23.9 Å². The van der Waals surface area contributed by atoms with Crippen LogP contribution in [-0.4, -0.2) is 24.8 Å². The van der Waals surface area contributed by atoms with Crippen LogP contribution in [0, 0.1) is 13.8 Å². The highest BCUT2D eigenvalue weighted by molar-refractivity contribution is 7.17. The average molecular weight is 317 g/mol. The highest BCUT2D eigenvalue weighted by Crippen LogP contribution is 2.21. The lowest BCUT2D eigenvalue weighted by Crippen LogP contribution is -2.25. The maximum atomic E-state index is 12.0. The first-order chi connectivity index (χ1) is 10.5. The number of nitrogens with zero attached hydrogens (tertiary/aromatic N) is 4. The molecule has 0 aliphatic carbocycles. The van der Waals surface area contributed by atoms with Gasteiger partial charge in [-0.25, -0.2) is 9.97 Å². The molecule has 0 saturated heterocycles. The molecule has 0 fully saturated rings. The summed E-state index contributed by atoms with van der Waals surface area (Å²) in [5.74, 6) is 0.0189. The first-order valence-corrected chi connectivity index (χ1v) is 8.04. The largest absolute Gasteiger partial charge is 0.350 e. The molecule has 0 radical (unpaired) electrons. The Morgan fingerprint density at radius 1 is 1.45 bits per heavy atom. The van der Waals surface area contributed by atoms with Gasteiger partial charge in [-0.05, 0) is 20.8 Å². The minimum Gasteiger partial charge on any atom is -0.350 e. The van der Waals surface area contributed by atoms with Crippen molar-refractivity contribution in [2.75, 3.05) is 0 Å². The molecule has 0 aromatic carbocycles. The molecule has 0 aliphatic rings. The molecule has 1 N–H and O–H groups in total. The van der Waals surface area contributed by atoms with Crippen LogP contribution in [0.25, 0.3) is 4.96 Å². The van der Waals surface area contributed by atoms with Gasteiger partial charge in [-0.2, -0.15) is 0 Å². The summed E-state index contributed by atoms with van der Waals surface area (Å²) < 4.78 is 4.01. The predicted octanol–water partition coefficient (Wildman–Crippen LogP) is 2.48. The van der Waals surface area contributed by atoms with Crippen molar-refractivity contribution in [3.05, 3.63) is 41.2 Å². The van der Waals surface area contributed by atoms with Crippen LogP contribution in [0.1, 0.15) is 35.7 Å². The third kappa shape index (κ3) is 2.89. The molecule has 0 spiro atoms. The number of carbonyl (C=O) groups excluding carboxylic acids is 1. The number of aromatic nitrogens is 4. The molecule has 3 aromatic heterocycles. The normalized spacial score (nSPS) is 12.7. The lowest BCUT2D eigenvalue weighted by atomic mass is 10.2. The van der Waals surface area contributed by atoms with Crippen LogP contribution in [0.5, 0.6) is 0 Å². The molecule has 6 nitrogen and oxygen atoms in total. The van der Waals surface area contributed by atoms with Gasteiger partial charge in [-0.3, -0.25) is 9.20 Å². The highest BCUT2D eigenvalue weighted by atomic mass is 32.1. The van der Waals surface area contributed by atoms with E-state index in [0.29, 0.717) is 13.0 Å². The van der Waals surface area contributed by atoms with Crippen molar-refractivity contribution in [3.63, 3.8) is 0 Å². The van der Waals surface area contributed by atoms with Crippen molar-refractivity contribution >= 4 is 22.2 Å². The molecule has 22 heavy (non-hydrogen) atoms. The van der Waals surface area contributed by atoms with E-state index in [0.717, 1.165) is 10.7 Å². The lowest BCUT2D eigenvalue weighted by molar-refractivity contribution is -0.121. The second kappa shape index (κ2) is 5.92. The molecule has 0 bridgehead atoms. The zero-order chi connectivity index (χ0) is 15.7. The standard InChI is InChI=1S/C15H19N5OS/c1-10(19-5-4-16-9-19)6-14(21)17-7-13-8-20-11(2)12(3)22-15(20)18-13/h4-5,8-10H,6-7H2,1-3H3,(H,17,21)/t10-/m0/s1. The monoisotopic (exact) mass is 317 g/mol. The Labute approximate surface area is 132 Å². The van der Waals surface area contributed by atoms with Gasteiger partial charge in [0.1, 0.15) is 0 Å². The number of hydrogen-bond acceptors (Lipinski definition) is 4. The zero-order valence-electron chi connectivity index (χ0n) is 12.9. The second-order valence-electron chi connectivity index (χ2n) is 5.47. The number of imidazole rings is 2. The lowest BCUT2D eigenvalue weighted by Gasteiger charge is -2.12. The molecule has 1 atom stereocenters. The van der Waals surface area contributed by atoms with E-state index >= 15 is 0 Å². The van der Waals surface area contributed by atoms with Crippen LogP contribution in [0.3, 0.4) is 0 Å². The summed E-state index contributed by atoms with van der Waals surface area (Å²) >= 11 is 1.67. The third-order valence-corrected chi connectivity index (χ3v) is 4.89. The smallest absolute Gasteiger partial charge is 0.222 e. The number of fused-ring (bicyclic) bond motifs is 1. The van der Waals surface area contributed by atoms with Gasteiger partial charge in [0, 0.05) is 41.6 Å². The van der Waals surface area contributed by atoms with Crippen molar-refractivity contribution in [3.8, 4) is 0 Å². The molecule has 7 heteroatoms. The fraction of sp³-hybridized carbons (Fsp3) is 0.400. The molecular formula is C15H19N5OS. The quantitative estimate of drug-likeness (QED) is 0.786. The number of nitrogens with one attached hydrogen (secondary N) is 1. The summed E-state index contributed by atoms with van der Waals surface area (Å²) in [6.07, 6.45) is 7.74. The number of thiazole rings is 1. The molecular weight excluding hydrogens is 298 g/mol. The average Bonchev–Trinajstić information content (AvgIpc) is 3.17. The summed E-state index contributed by atoms with van der Waals surface area (Å²) in [5.41, 5.74) is 2.09. The van der Waals surface area contributed by atoms with E-state index in [9.17, 15) is 4.79 Å². The van der Waals surface area contributed by atoms with Gasteiger partial charge in [0.15, 0.2) is 4.96 Å².